The molecule has 4 amide bonds. The van der Waals surface area contributed by atoms with Crippen molar-refractivity contribution >= 4 is 17.8 Å². The van der Waals surface area contributed by atoms with E-state index in [0.29, 0.717) is 19.8 Å². The first-order chi connectivity index (χ1) is 14.3. The lowest BCUT2D eigenvalue weighted by molar-refractivity contribution is -0.129. The molecule has 8 heteroatoms. The first-order valence-corrected chi connectivity index (χ1v) is 10.5. The molecular formula is C22H31N3O5. The van der Waals surface area contributed by atoms with Crippen molar-refractivity contribution in [2.45, 2.75) is 57.0 Å². The Morgan fingerprint density at radius 3 is 2.53 bits per heavy atom. The fraction of sp³-hybridized carbons (Fsp3) is 0.591. The smallest absolute Gasteiger partial charge is 0.324 e. The third-order valence-electron chi connectivity index (χ3n) is 5.83. The van der Waals surface area contributed by atoms with Gasteiger partial charge in [0.15, 0.2) is 0 Å². The lowest BCUT2D eigenvalue weighted by atomic mass is 9.73. The van der Waals surface area contributed by atoms with Gasteiger partial charge in [-0.05, 0) is 50.8 Å². The summed E-state index contributed by atoms with van der Waals surface area (Å²) >= 11 is 0. The van der Waals surface area contributed by atoms with Crippen LogP contribution in [-0.4, -0.2) is 61.7 Å². The van der Waals surface area contributed by atoms with Crippen LogP contribution in [0, 0.1) is 0 Å². The van der Waals surface area contributed by atoms with E-state index in [2.05, 4.69) is 10.6 Å². The fourth-order valence-corrected chi connectivity index (χ4v) is 4.14. The Morgan fingerprint density at radius 1 is 1.27 bits per heavy atom. The van der Waals surface area contributed by atoms with Crippen LogP contribution in [0.4, 0.5) is 4.79 Å². The van der Waals surface area contributed by atoms with E-state index < -0.39 is 12.1 Å². The lowest BCUT2D eigenvalue weighted by Crippen LogP contribution is -2.47. The minimum absolute atomic E-state index is 0.0424. The third kappa shape index (κ3) is 4.92. The average molecular weight is 418 g/mol. The Kier molecular flexibility index (Phi) is 6.97. The van der Waals surface area contributed by atoms with E-state index in [4.69, 9.17) is 9.47 Å². The van der Waals surface area contributed by atoms with Gasteiger partial charge < -0.3 is 20.1 Å². The molecule has 0 saturated carbocycles. The molecule has 0 aromatic heterocycles. The summed E-state index contributed by atoms with van der Waals surface area (Å²) in [6.45, 7) is 5.22. The average Bonchev–Trinajstić information content (AvgIpc) is 3.00. The highest BCUT2D eigenvalue weighted by molar-refractivity contribution is 6.04. The van der Waals surface area contributed by atoms with Crippen LogP contribution in [0.1, 0.15) is 45.1 Å². The monoisotopic (exact) mass is 417 g/mol. The van der Waals surface area contributed by atoms with E-state index in [-0.39, 0.29) is 36.1 Å². The van der Waals surface area contributed by atoms with Gasteiger partial charge in [-0.2, -0.15) is 0 Å². The number of carbonyl (C=O) groups is 3. The molecule has 0 aliphatic carbocycles. The van der Waals surface area contributed by atoms with Crippen LogP contribution in [0.2, 0.25) is 0 Å². The van der Waals surface area contributed by atoms with Crippen molar-refractivity contribution in [3.63, 3.8) is 0 Å². The maximum absolute atomic E-state index is 13.0. The Balaban J connectivity index is 1.72. The maximum Gasteiger partial charge on any atom is 0.324 e. The molecule has 164 valence electrons. The molecular weight excluding hydrogens is 386 g/mol. The van der Waals surface area contributed by atoms with Crippen LogP contribution < -0.4 is 15.4 Å². The second-order valence-electron chi connectivity index (χ2n) is 8.31. The van der Waals surface area contributed by atoms with Crippen LogP contribution in [-0.2, 0) is 19.7 Å². The Morgan fingerprint density at radius 2 is 1.93 bits per heavy atom. The van der Waals surface area contributed by atoms with E-state index in [1.54, 1.807) is 7.11 Å². The van der Waals surface area contributed by atoms with Crippen molar-refractivity contribution in [3.05, 3.63) is 29.8 Å². The lowest BCUT2D eigenvalue weighted by Gasteiger charge is -2.39. The molecule has 2 aliphatic heterocycles. The van der Waals surface area contributed by atoms with Crippen LogP contribution in [0.5, 0.6) is 5.75 Å². The number of imide groups is 1. The van der Waals surface area contributed by atoms with Gasteiger partial charge in [0, 0.05) is 37.6 Å². The van der Waals surface area contributed by atoms with Crippen molar-refractivity contribution in [1.29, 1.82) is 0 Å². The number of nitrogens with one attached hydrogen (secondary N) is 2. The van der Waals surface area contributed by atoms with Gasteiger partial charge in [-0.25, -0.2) is 4.79 Å². The van der Waals surface area contributed by atoms with Crippen molar-refractivity contribution in [2.75, 3.05) is 26.9 Å². The molecule has 0 bridgehead atoms. The number of methoxy groups -OCH3 is 1. The van der Waals surface area contributed by atoms with Crippen LogP contribution in [0.15, 0.2) is 24.3 Å². The van der Waals surface area contributed by atoms with E-state index in [1.165, 1.54) is 4.90 Å². The number of carbonyl (C=O) groups excluding carboxylic acids is 3. The second kappa shape index (κ2) is 9.47. The third-order valence-corrected chi connectivity index (χ3v) is 5.83. The van der Waals surface area contributed by atoms with Gasteiger partial charge >= 0.3 is 6.03 Å². The number of rotatable bonds is 8. The summed E-state index contributed by atoms with van der Waals surface area (Å²) in [6, 6.07) is 6.77. The largest absolute Gasteiger partial charge is 0.497 e. The van der Waals surface area contributed by atoms with E-state index in [1.807, 2.05) is 38.1 Å². The van der Waals surface area contributed by atoms with Crippen LogP contribution in [0.3, 0.4) is 0 Å². The number of benzene rings is 1. The molecule has 1 atom stereocenters. The summed E-state index contributed by atoms with van der Waals surface area (Å²) in [4.78, 5) is 38.8. The highest BCUT2D eigenvalue weighted by Gasteiger charge is 2.44. The van der Waals surface area contributed by atoms with Crippen LogP contribution in [0.25, 0.3) is 0 Å². The molecule has 2 fully saturated rings. The molecule has 0 spiro atoms. The van der Waals surface area contributed by atoms with Gasteiger partial charge in [0.2, 0.25) is 5.91 Å². The van der Waals surface area contributed by atoms with E-state index in [0.717, 1.165) is 24.2 Å². The maximum atomic E-state index is 13.0. The topological polar surface area (TPSA) is 97.0 Å². The summed E-state index contributed by atoms with van der Waals surface area (Å²) < 4.78 is 10.8. The number of hydrogen-bond donors (Lipinski definition) is 2. The molecule has 1 aromatic carbocycles. The SMILES string of the molecule is COc1ccc(C2(CN3C(=O)N[C@@H](CCC(=O)NC(C)C)C3=O)CCOCC2)cc1. The molecule has 30 heavy (non-hydrogen) atoms. The molecule has 2 saturated heterocycles. The molecule has 1 aromatic rings. The van der Waals surface area contributed by atoms with E-state index in [9.17, 15) is 14.4 Å². The van der Waals surface area contributed by atoms with Gasteiger partial charge in [0.25, 0.3) is 5.91 Å². The number of nitrogens with zero attached hydrogens (tertiary/aromatic N) is 1. The quantitative estimate of drug-likeness (QED) is 0.631. The molecule has 0 radical (unpaired) electrons. The summed E-state index contributed by atoms with van der Waals surface area (Å²) in [5.74, 6) is 0.372. The summed E-state index contributed by atoms with van der Waals surface area (Å²) in [7, 11) is 1.62. The van der Waals surface area contributed by atoms with Crippen molar-refractivity contribution in [1.82, 2.24) is 15.5 Å². The molecule has 2 aliphatic rings. The van der Waals surface area contributed by atoms with Gasteiger partial charge in [0.05, 0.1) is 7.11 Å². The first-order valence-electron chi connectivity index (χ1n) is 10.5. The van der Waals surface area contributed by atoms with Gasteiger partial charge in [-0.1, -0.05) is 12.1 Å². The normalized spacial score (nSPS) is 20.9. The van der Waals surface area contributed by atoms with Crippen LogP contribution >= 0.6 is 0 Å². The minimum Gasteiger partial charge on any atom is -0.497 e. The molecule has 8 nitrogen and oxygen atoms in total. The summed E-state index contributed by atoms with van der Waals surface area (Å²) in [6.07, 6.45) is 1.92. The first kappa shape index (κ1) is 22.1. The van der Waals surface area contributed by atoms with Crippen molar-refractivity contribution < 1.29 is 23.9 Å². The van der Waals surface area contributed by atoms with Gasteiger partial charge in [0.1, 0.15) is 11.8 Å². The molecule has 2 heterocycles. The molecule has 3 rings (SSSR count). The minimum atomic E-state index is -0.664. The Labute approximate surface area is 177 Å². The fourth-order valence-electron chi connectivity index (χ4n) is 4.14. The zero-order valence-electron chi connectivity index (χ0n) is 17.9. The number of amides is 4. The predicted octanol–water partition coefficient (Wildman–Crippen LogP) is 1.97. The highest BCUT2D eigenvalue weighted by Crippen LogP contribution is 2.37. The van der Waals surface area contributed by atoms with Gasteiger partial charge in [-0.3, -0.25) is 14.5 Å². The molecule has 2 N–H and O–H groups in total. The Hall–Kier alpha value is -2.61. The number of urea groups is 1. The Bertz CT molecular complexity index is 771. The van der Waals surface area contributed by atoms with E-state index >= 15 is 0 Å². The molecule has 0 unspecified atom stereocenters. The summed E-state index contributed by atoms with van der Waals surface area (Å²) in [5.41, 5.74) is 0.702. The zero-order chi connectivity index (χ0) is 21.7. The zero-order valence-corrected chi connectivity index (χ0v) is 17.9. The predicted molar refractivity (Wildman–Crippen MR) is 111 cm³/mol. The van der Waals surface area contributed by atoms with Crippen molar-refractivity contribution in [3.8, 4) is 5.75 Å². The van der Waals surface area contributed by atoms with Gasteiger partial charge in [-0.15, -0.1) is 0 Å². The summed E-state index contributed by atoms with van der Waals surface area (Å²) in [5, 5.41) is 5.55. The number of hydrogen-bond acceptors (Lipinski definition) is 5. The highest BCUT2D eigenvalue weighted by atomic mass is 16.5. The van der Waals surface area contributed by atoms with Crippen molar-refractivity contribution in [2.24, 2.45) is 0 Å². The number of ether oxygens (including phenoxy) is 2. The standard InChI is InChI=1S/C22H31N3O5/c1-15(2)23-19(26)9-8-18-20(27)25(21(28)24-18)14-22(10-12-30-13-11-22)16-4-6-17(29-3)7-5-16/h4-7,15,18H,8-14H2,1-3H3,(H,23,26)(H,24,28)/t18-/m0/s1. The second-order valence-corrected chi connectivity index (χ2v) is 8.31.